The van der Waals surface area contributed by atoms with E-state index in [0.29, 0.717) is 10.7 Å². The van der Waals surface area contributed by atoms with E-state index in [9.17, 15) is 9.59 Å². The van der Waals surface area contributed by atoms with Gasteiger partial charge < -0.3 is 10.4 Å². The molecule has 0 saturated carbocycles. The van der Waals surface area contributed by atoms with E-state index in [1.54, 1.807) is 13.8 Å². The summed E-state index contributed by atoms with van der Waals surface area (Å²) in [7, 11) is 0. The van der Waals surface area contributed by atoms with Crippen LogP contribution < -0.4 is 5.32 Å². The SMILES string of the molecule is CSC(C)C(=O)NC(C)c1nc(C)c(C(=O)O)s1. The van der Waals surface area contributed by atoms with E-state index in [-0.39, 0.29) is 22.1 Å². The zero-order valence-corrected chi connectivity index (χ0v) is 12.3. The third-order valence-electron chi connectivity index (χ3n) is 2.46. The molecule has 0 spiro atoms. The number of thiazole rings is 1. The van der Waals surface area contributed by atoms with Gasteiger partial charge in [-0.15, -0.1) is 11.3 Å². The van der Waals surface area contributed by atoms with Crippen LogP contribution in [-0.4, -0.2) is 33.5 Å². The number of carbonyl (C=O) groups is 2. The number of aromatic carboxylic acids is 1. The number of carboxylic acid groups (broad SMARTS) is 1. The Morgan fingerprint density at radius 2 is 2.06 bits per heavy atom. The van der Waals surface area contributed by atoms with Crippen molar-refractivity contribution in [2.24, 2.45) is 0 Å². The Balaban J connectivity index is 2.79. The molecule has 0 saturated heterocycles. The van der Waals surface area contributed by atoms with Gasteiger partial charge in [-0.1, -0.05) is 0 Å². The number of aryl methyl sites for hydroxylation is 1. The number of aromatic nitrogens is 1. The molecule has 0 aliphatic rings. The topological polar surface area (TPSA) is 79.3 Å². The normalized spacial score (nSPS) is 14.0. The molecule has 1 amide bonds. The summed E-state index contributed by atoms with van der Waals surface area (Å²) < 4.78 is 0. The number of rotatable bonds is 5. The van der Waals surface area contributed by atoms with Gasteiger partial charge in [0, 0.05) is 0 Å². The monoisotopic (exact) mass is 288 g/mol. The Labute approximate surface area is 114 Å². The van der Waals surface area contributed by atoms with Gasteiger partial charge in [0.25, 0.3) is 0 Å². The molecule has 0 fully saturated rings. The second-order valence-corrected chi connectivity index (χ2v) is 6.09. The van der Waals surface area contributed by atoms with Crippen molar-refractivity contribution in [3.63, 3.8) is 0 Å². The zero-order valence-electron chi connectivity index (χ0n) is 10.7. The van der Waals surface area contributed by atoms with Crippen LogP contribution in [0.15, 0.2) is 0 Å². The number of thioether (sulfide) groups is 1. The van der Waals surface area contributed by atoms with Crippen molar-refractivity contribution >= 4 is 35.0 Å². The molecule has 0 aromatic carbocycles. The van der Waals surface area contributed by atoms with Crippen LogP contribution in [0.5, 0.6) is 0 Å². The lowest BCUT2D eigenvalue weighted by atomic mass is 10.3. The summed E-state index contributed by atoms with van der Waals surface area (Å²) in [5.41, 5.74) is 0.488. The van der Waals surface area contributed by atoms with Crippen molar-refractivity contribution in [3.05, 3.63) is 15.6 Å². The van der Waals surface area contributed by atoms with Crippen LogP contribution in [0.1, 0.15) is 40.3 Å². The van der Waals surface area contributed by atoms with Gasteiger partial charge in [-0.2, -0.15) is 11.8 Å². The van der Waals surface area contributed by atoms with Crippen LogP contribution in [0.2, 0.25) is 0 Å². The lowest BCUT2D eigenvalue weighted by Crippen LogP contribution is -2.32. The highest BCUT2D eigenvalue weighted by molar-refractivity contribution is 7.99. The summed E-state index contributed by atoms with van der Waals surface area (Å²) >= 11 is 2.56. The summed E-state index contributed by atoms with van der Waals surface area (Å²) in [6, 6.07) is -0.274. The van der Waals surface area contributed by atoms with E-state index < -0.39 is 5.97 Å². The predicted octanol–water partition coefficient (Wildman–Crippen LogP) is 2.08. The van der Waals surface area contributed by atoms with Crippen molar-refractivity contribution in [2.45, 2.75) is 32.1 Å². The van der Waals surface area contributed by atoms with Crippen LogP contribution in [-0.2, 0) is 4.79 Å². The molecule has 0 bridgehead atoms. The minimum atomic E-state index is -0.979. The third kappa shape index (κ3) is 3.46. The van der Waals surface area contributed by atoms with Gasteiger partial charge in [0.1, 0.15) is 9.88 Å². The van der Waals surface area contributed by atoms with Crippen molar-refractivity contribution in [3.8, 4) is 0 Å². The van der Waals surface area contributed by atoms with Crippen molar-refractivity contribution < 1.29 is 14.7 Å². The Kier molecular flexibility index (Phi) is 5.15. The molecule has 0 aliphatic heterocycles. The van der Waals surface area contributed by atoms with Crippen LogP contribution in [0.4, 0.5) is 0 Å². The van der Waals surface area contributed by atoms with Gasteiger partial charge in [0.2, 0.25) is 5.91 Å². The third-order valence-corrected chi connectivity index (χ3v) is 4.71. The van der Waals surface area contributed by atoms with Crippen LogP contribution in [0.25, 0.3) is 0 Å². The second-order valence-electron chi connectivity index (χ2n) is 3.88. The molecular weight excluding hydrogens is 272 g/mol. The first kappa shape index (κ1) is 15.0. The molecule has 2 N–H and O–H groups in total. The number of hydrogen-bond donors (Lipinski definition) is 2. The summed E-state index contributed by atoms with van der Waals surface area (Å²) in [6.45, 7) is 5.28. The molecule has 5 nitrogen and oxygen atoms in total. The first-order valence-electron chi connectivity index (χ1n) is 5.40. The Morgan fingerprint density at radius 3 is 2.50 bits per heavy atom. The van der Waals surface area contributed by atoms with Gasteiger partial charge >= 0.3 is 5.97 Å². The van der Waals surface area contributed by atoms with Crippen molar-refractivity contribution in [1.29, 1.82) is 0 Å². The molecule has 2 atom stereocenters. The summed E-state index contributed by atoms with van der Waals surface area (Å²) in [4.78, 5) is 27.0. The Hall–Kier alpha value is -1.08. The predicted molar refractivity (Wildman–Crippen MR) is 73.3 cm³/mol. The van der Waals surface area contributed by atoms with E-state index in [1.807, 2.05) is 13.2 Å². The fourth-order valence-electron chi connectivity index (χ4n) is 1.30. The van der Waals surface area contributed by atoms with Crippen LogP contribution in [0.3, 0.4) is 0 Å². The number of nitrogens with zero attached hydrogens (tertiary/aromatic N) is 1. The standard InChI is InChI=1S/C11H16N2O3S2/c1-5-8(11(15)16)18-10(13-5)6(2)12-9(14)7(3)17-4/h6-7H,1-4H3,(H,12,14)(H,15,16). The number of nitrogens with one attached hydrogen (secondary N) is 1. The minimum absolute atomic E-state index is 0.0697. The largest absolute Gasteiger partial charge is 0.477 e. The fraction of sp³-hybridized carbons (Fsp3) is 0.545. The summed E-state index contributed by atoms with van der Waals surface area (Å²) in [5.74, 6) is -1.05. The van der Waals surface area contributed by atoms with Crippen molar-refractivity contribution in [1.82, 2.24) is 10.3 Å². The highest BCUT2D eigenvalue weighted by Crippen LogP contribution is 2.23. The molecule has 1 heterocycles. The molecule has 0 radical (unpaired) electrons. The number of carbonyl (C=O) groups excluding carboxylic acids is 1. The molecule has 18 heavy (non-hydrogen) atoms. The molecule has 100 valence electrons. The maximum absolute atomic E-state index is 11.7. The highest BCUT2D eigenvalue weighted by Gasteiger charge is 2.20. The van der Waals surface area contributed by atoms with E-state index in [0.717, 1.165) is 11.3 Å². The lowest BCUT2D eigenvalue weighted by molar-refractivity contribution is -0.120. The van der Waals surface area contributed by atoms with E-state index in [2.05, 4.69) is 10.3 Å². The number of carboxylic acids is 1. The first-order valence-corrected chi connectivity index (χ1v) is 7.51. The molecule has 0 aliphatic carbocycles. The average Bonchev–Trinajstić information content (AvgIpc) is 2.70. The maximum atomic E-state index is 11.7. The molecular formula is C11H16N2O3S2. The minimum Gasteiger partial charge on any atom is -0.477 e. The van der Waals surface area contributed by atoms with Gasteiger partial charge in [0.05, 0.1) is 17.0 Å². The van der Waals surface area contributed by atoms with Crippen molar-refractivity contribution in [2.75, 3.05) is 6.26 Å². The molecule has 1 rings (SSSR count). The van der Waals surface area contributed by atoms with Gasteiger partial charge in [-0.05, 0) is 27.0 Å². The van der Waals surface area contributed by atoms with Gasteiger partial charge in [0.15, 0.2) is 0 Å². The Bertz CT molecular complexity index is 459. The number of hydrogen-bond acceptors (Lipinski definition) is 5. The van der Waals surface area contributed by atoms with Crippen LogP contribution >= 0.6 is 23.1 Å². The molecule has 2 unspecified atom stereocenters. The summed E-state index contributed by atoms with van der Waals surface area (Å²) in [6.07, 6.45) is 1.87. The Morgan fingerprint density at radius 1 is 1.44 bits per heavy atom. The second kappa shape index (κ2) is 6.19. The van der Waals surface area contributed by atoms with Gasteiger partial charge in [-0.25, -0.2) is 9.78 Å². The molecule has 1 aromatic heterocycles. The number of amides is 1. The zero-order chi connectivity index (χ0) is 13.9. The van der Waals surface area contributed by atoms with E-state index in [4.69, 9.17) is 5.11 Å². The quantitative estimate of drug-likeness (QED) is 0.867. The van der Waals surface area contributed by atoms with E-state index in [1.165, 1.54) is 11.8 Å². The first-order chi connectivity index (χ1) is 8.36. The maximum Gasteiger partial charge on any atom is 0.347 e. The fourth-order valence-corrected chi connectivity index (χ4v) is 2.49. The van der Waals surface area contributed by atoms with E-state index >= 15 is 0 Å². The molecule has 7 heteroatoms. The van der Waals surface area contributed by atoms with Crippen LogP contribution in [0, 0.1) is 6.92 Å². The lowest BCUT2D eigenvalue weighted by Gasteiger charge is -2.14. The highest BCUT2D eigenvalue weighted by atomic mass is 32.2. The summed E-state index contributed by atoms with van der Waals surface area (Å²) in [5, 5.41) is 12.3. The smallest absolute Gasteiger partial charge is 0.347 e. The van der Waals surface area contributed by atoms with Gasteiger partial charge in [-0.3, -0.25) is 4.79 Å². The average molecular weight is 288 g/mol. The molecule has 1 aromatic rings.